The number of carbonyl (C=O) groups excluding carboxylic acids is 3. The molecule has 0 fully saturated rings. The van der Waals surface area contributed by atoms with Gasteiger partial charge in [0.05, 0.1) is 0 Å². The van der Waals surface area contributed by atoms with Crippen molar-refractivity contribution >= 4 is 17.9 Å². The molecular weight excluding hydrogens is 949 g/mol. The van der Waals surface area contributed by atoms with Crippen molar-refractivity contribution in [1.82, 2.24) is 0 Å². The first-order valence-corrected chi connectivity index (χ1v) is 33.8. The molecule has 0 N–H and O–H groups in total. The van der Waals surface area contributed by atoms with E-state index in [9.17, 15) is 14.4 Å². The van der Waals surface area contributed by atoms with Gasteiger partial charge in [0.15, 0.2) is 6.10 Å². The van der Waals surface area contributed by atoms with Crippen LogP contribution in [-0.2, 0) is 28.6 Å². The van der Waals surface area contributed by atoms with Gasteiger partial charge in [0, 0.05) is 19.3 Å². The second kappa shape index (κ2) is 65.6. The molecule has 77 heavy (non-hydrogen) atoms. The van der Waals surface area contributed by atoms with E-state index in [4.69, 9.17) is 14.2 Å². The molecule has 0 aromatic heterocycles. The molecule has 0 amide bonds. The number of unbranched alkanes of at least 4 members (excludes halogenated alkanes) is 41. The number of rotatable bonds is 62. The molecule has 0 aromatic carbocycles. The summed E-state index contributed by atoms with van der Waals surface area (Å²) in [6.07, 6.45) is 84.0. The molecule has 448 valence electrons. The molecule has 6 heteroatoms. The predicted molar refractivity (Wildman–Crippen MR) is 335 cm³/mol. The second-order valence-corrected chi connectivity index (χ2v) is 22.7. The number of allylic oxidation sites excluding steroid dienone is 10. The van der Waals surface area contributed by atoms with Crippen LogP contribution in [0.3, 0.4) is 0 Å². The SMILES string of the molecule is CC/C=C\C/C=C\C/C=C\C/C=C\C/C=C\CCCCCCCCCCCCCCCCCCCCCC(=O)OCC(COC(=O)CCCCCCCCCCCC)OC(=O)CCCCCCCCCCCCCCCC. The van der Waals surface area contributed by atoms with Crippen molar-refractivity contribution in [3.63, 3.8) is 0 Å². The summed E-state index contributed by atoms with van der Waals surface area (Å²) in [5.74, 6) is -0.844. The molecule has 0 radical (unpaired) electrons. The summed E-state index contributed by atoms with van der Waals surface area (Å²) in [6, 6.07) is 0. The van der Waals surface area contributed by atoms with Crippen molar-refractivity contribution in [3.8, 4) is 0 Å². The van der Waals surface area contributed by atoms with Crippen LogP contribution in [0.5, 0.6) is 0 Å². The van der Waals surface area contributed by atoms with Crippen molar-refractivity contribution in [2.24, 2.45) is 0 Å². The van der Waals surface area contributed by atoms with E-state index < -0.39 is 6.10 Å². The van der Waals surface area contributed by atoms with Gasteiger partial charge >= 0.3 is 17.9 Å². The van der Waals surface area contributed by atoms with Gasteiger partial charge < -0.3 is 14.2 Å². The number of ether oxygens (including phenoxy) is 3. The Hall–Kier alpha value is -2.89. The van der Waals surface area contributed by atoms with Crippen LogP contribution in [0, 0.1) is 0 Å². The van der Waals surface area contributed by atoms with Gasteiger partial charge in [-0.3, -0.25) is 14.4 Å². The number of hydrogen-bond donors (Lipinski definition) is 0. The second-order valence-electron chi connectivity index (χ2n) is 22.7. The molecule has 0 aliphatic carbocycles. The fourth-order valence-electron chi connectivity index (χ4n) is 10.0. The zero-order valence-electron chi connectivity index (χ0n) is 51.5. The lowest BCUT2D eigenvalue weighted by Gasteiger charge is -2.18. The molecule has 0 aromatic rings. The van der Waals surface area contributed by atoms with Gasteiger partial charge in [-0.25, -0.2) is 0 Å². The molecule has 6 nitrogen and oxygen atoms in total. The molecule has 0 aliphatic heterocycles. The highest BCUT2D eigenvalue weighted by Crippen LogP contribution is 2.18. The number of hydrogen-bond acceptors (Lipinski definition) is 6. The maximum absolute atomic E-state index is 12.9. The summed E-state index contributed by atoms with van der Waals surface area (Å²) in [6.45, 7) is 6.56. The average Bonchev–Trinajstić information content (AvgIpc) is 3.43. The Morgan fingerprint density at radius 2 is 0.506 bits per heavy atom. The summed E-state index contributed by atoms with van der Waals surface area (Å²) >= 11 is 0. The van der Waals surface area contributed by atoms with Gasteiger partial charge in [-0.05, 0) is 64.2 Å². The highest BCUT2D eigenvalue weighted by molar-refractivity contribution is 5.71. The summed E-state index contributed by atoms with van der Waals surface area (Å²) in [4.78, 5) is 38.2. The highest BCUT2D eigenvalue weighted by atomic mass is 16.6. The smallest absolute Gasteiger partial charge is 0.306 e. The number of carbonyl (C=O) groups is 3. The largest absolute Gasteiger partial charge is 0.462 e. The quantitative estimate of drug-likeness (QED) is 0.0261. The molecular formula is C71H128O6. The van der Waals surface area contributed by atoms with Gasteiger partial charge in [-0.15, -0.1) is 0 Å². The molecule has 0 aliphatic rings. The Labute approximate surface area is 479 Å². The summed E-state index contributed by atoms with van der Waals surface area (Å²) < 4.78 is 16.9. The number of esters is 3. The fourth-order valence-corrected chi connectivity index (χ4v) is 10.0. The first-order valence-electron chi connectivity index (χ1n) is 33.8. The first kappa shape index (κ1) is 74.1. The van der Waals surface area contributed by atoms with E-state index in [0.717, 1.165) is 89.9 Å². The van der Waals surface area contributed by atoms with Gasteiger partial charge in [0.2, 0.25) is 0 Å². The average molecular weight is 1080 g/mol. The molecule has 0 saturated carbocycles. The Balaban J connectivity index is 4.01. The summed E-state index contributed by atoms with van der Waals surface area (Å²) in [5, 5.41) is 0. The van der Waals surface area contributed by atoms with Gasteiger partial charge in [-0.2, -0.15) is 0 Å². The zero-order chi connectivity index (χ0) is 55.7. The van der Waals surface area contributed by atoms with Crippen molar-refractivity contribution in [3.05, 3.63) is 60.8 Å². The van der Waals surface area contributed by atoms with E-state index in [1.165, 1.54) is 225 Å². The minimum absolute atomic E-state index is 0.0661. The van der Waals surface area contributed by atoms with Crippen LogP contribution in [0.25, 0.3) is 0 Å². The Bertz CT molecular complexity index is 1380. The highest BCUT2D eigenvalue weighted by Gasteiger charge is 2.19. The van der Waals surface area contributed by atoms with Crippen molar-refractivity contribution < 1.29 is 28.6 Å². The van der Waals surface area contributed by atoms with E-state index in [-0.39, 0.29) is 31.1 Å². The van der Waals surface area contributed by atoms with Crippen LogP contribution in [0.2, 0.25) is 0 Å². The molecule has 0 rings (SSSR count). The lowest BCUT2D eigenvalue weighted by atomic mass is 10.0. The maximum atomic E-state index is 12.9. The van der Waals surface area contributed by atoms with Crippen molar-refractivity contribution in [2.45, 2.75) is 361 Å². The molecule has 1 atom stereocenters. The van der Waals surface area contributed by atoms with Crippen LogP contribution < -0.4 is 0 Å². The zero-order valence-corrected chi connectivity index (χ0v) is 51.5. The lowest BCUT2D eigenvalue weighted by molar-refractivity contribution is -0.167. The molecule has 0 bridgehead atoms. The van der Waals surface area contributed by atoms with Crippen LogP contribution in [-0.4, -0.2) is 37.2 Å². The molecule has 0 saturated heterocycles. The van der Waals surface area contributed by atoms with E-state index >= 15 is 0 Å². The molecule has 0 spiro atoms. The van der Waals surface area contributed by atoms with Gasteiger partial charge in [0.25, 0.3) is 0 Å². The maximum Gasteiger partial charge on any atom is 0.306 e. The Morgan fingerprint density at radius 1 is 0.273 bits per heavy atom. The molecule has 0 heterocycles. The standard InChI is InChI=1S/C71H128O6/c1-4-7-10-13-16-19-22-24-26-27-28-29-30-31-32-33-34-35-36-37-38-39-40-41-42-43-44-45-46-48-49-52-55-58-61-64-70(73)76-67-68(66-75-69(72)63-60-57-54-51-21-18-15-12-9-6-3)77-71(74)65-62-59-56-53-50-47-25-23-20-17-14-11-8-5-2/h7,10,16,19,24,26,28-29,31-32,68H,4-6,8-9,11-15,17-18,20-23,25,27,30,33-67H2,1-3H3/b10-7-,19-16-,26-24-,29-28-,32-31-. The summed E-state index contributed by atoms with van der Waals surface area (Å²) in [7, 11) is 0. The normalized spacial score (nSPS) is 12.4. The van der Waals surface area contributed by atoms with Crippen LogP contribution in [0.1, 0.15) is 355 Å². The minimum atomic E-state index is -0.766. The van der Waals surface area contributed by atoms with Gasteiger partial charge in [0.1, 0.15) is 13.2 Å². The van der Waals surface area contributed by atoms with Crippen LogP contribution >= 0.6 is 0 Å². The Kier molecular flexibility index (Phi) is 63.2. The van der Waals surface area contributed by atoms with E-state index in [2.05, 4.69) is 81.5 Å². The Morgan fingerprint density at radius 3 is 0.792 bits per heavy atom. The molecule has 1 unspecified atom stereocenters. The first-order chi connectivity index (χ1) is 38.0. The van der Waals surface area contributed by atoms with E-state index in [0.29, 0.717) is 19.3 Å². The van der Waals surface area contributed by atoms with Crippen LogP contribution in [0.15, 0.2) is 60.8 Å². The van der Waals surface area contributed by atoms with E-state index in [1.807, 2.05) is 0 Å². The third-order valence-electron chi connectivity index (χ3n) is 15.0. The minimum Gasteiger partial charge on any atom is -0.462 e. The third kappa shape index (κ3) is 63.8. The van der Waals surface area contributed by atoms with Crippen molar-refractivity contribution in [2.75, 3.05) is 13.2 Å². The topological polar surface area (TPSA) is 78.9 Å². The van der Waals surface area contributed by atoms with E-state index in [1.54, 1.807) is 0 Å². The monoisotopic (exact) mass is 1080 g/mol. The van der Waals surface area contributed by atoms with Crippen LogP contribution in [0.4, 0.5) is 0 Å². The fraction of sp³-hybridized carbons (Fsp3) is 0.817. The van der Waals surface area contributed by atoms with Gasteiger partial charge in [-0.1, -0.05) is 332 Å². The predicted octanol–water partition coefficient (Wildman–Crippen LogP) is 23.1. The third-order valence-corrected chi connectivity index (χ3v) is 15.0. The lowest BCUT2D eigenvalue weighted by Crippen LogP contribution is -2.30. The summed E-state index contributed by atoms with van der Waals surface area (Å²) in [5.41, 5.74) is 0. The van der Waals surface area contributed by atoms with Crippen molar-refractivity contribution in [1.29, 1.82) is 0 Å².